The number of carbonyl (C=O) groups excluding carboxylic acids is 2. The van der Waals surface area contributed by atoms with Crippen LogP contribution in [0.1, 0.15) is 38.2 Å². The lowest BCUT2D eigenvalue weighted by Crippen LogP contribution is -2.41. The second-order valence-corrected chi connectivity index (χ2v) is 11.4. The van der Waals surface area contributed by atoms with E-state index in [0.717, 1.165) is 24.1 Å². The predicted octanol–water partition coefficient (Wildman–Crippen LogP) is 3.55. The van der Waals surface area contributed by atoms with Crippen LogP contribution in [0.5, 0.6) is 0 Å². The van der Waals surface area contributed by atoms with Crippen LogP contribution < -0.4 is 10.2 Å². The summed E-state index contributed by atoms with van der Waals surface area (Å²) >= 11 is 0. The Balaban J connectivity index is 1.24. The van der Waals surface area contributed by atoms with Gasteiger partial charge in [-0.25, -0.2) is 12.8 Å². The number of nitrogens with zero attached hydrogens (tertiary/aromatic N) is 2. The van der Waals surface area contributed by atoms with Crippen molar-refractivity contribution >= 4 is 33.2 Å². The number of hydrogen-bond donors (Lipinski definition) is 1. The minimum Gasteiger partial charge on any atom is -0.326 e. The lowest BCUT2D eigenvalue weighted by molar-refractivity contribution is -0.121. The van der Waals surface area contributed by atoms with Gasteiger partial charge in [0, 0.05) is 42.3 Å². The van der Waals surface area contributed by atoms with Crippen LogP contribution >= 0.6 is 0 Å². The molecule has 2 aromatic carbocycles. The third kappa shape index (κ3) is 4.34. The molecule has 0 unspecified atom stereocenters. The molecule has 0 bridgehead atoms. The molecule has 0 spiro atoms. The first-order valence-electron chi connectivity index (χ1n) is 11.8. The Kier molecular flexibility index (Phi) is 5.93. The van der Waals surface area contributed by atoms with Gasteiger partial charge in [0.15, 0.2) is 0 Å². The monoisotopic (exact) mass is 485 g/mol. The molecule has 180 valence electrons. The van der Waals surface area contributed by atoms with Gasteiger partial charge in [0.05, 0.1) is 4.90 Å². The van der Waals surface area contributed by atoms with Gasteiger partial charge in [0.25, 0.3) is 0 Å². The fraction of sp³-hybridized carbons (Fsp3) is 0.440. The molecule has 0 aromatic heterocycles. The van der Waals surface area contributed by atoms with Crippen LogP contribution in [-0.2, 0) is 26.0 Å². The summed E-state index contributed by atoms with van der Waals surface area (Å²) < 4.78 is 41.1. The van der Waals surface area contributed by atoms with Gasteiger partial charge in [-0.15, -0.1) is 0 Å². The summed E-state index contributed by atoms with van der Waals surface area (Å²) in [4.78, 5) is 27.3. The number of carbonyl (C=O) groups is 2. The Hall–Kier alpha value is -2.78. The first kappa shape index (κ1) is 23.0. The molecule has 2 aromatic rings. The van der Waals surface area contributed by atoms with Gasteiger partial charge in [0.1, 0.15) is 5.82 Å². The molecule has 0 radical (unpaired) electrons. The summed E-state index contributed by atoms with van der Waals surface area (Å²) in [5.74, 6) is -0.615. The predicted molar refractivity (Wildman–Crippen MR) is 126 cm³/mol. The molecule has 7 nitrogen and oxygen atoms in total. The molecule has 3 aliphatic rings. The number of fused-ring (bicyclic) bond motifs is 1. The lowest BCUT2D eigenvalue weighted by Gasteiger charge is -2.30. The van der Waals surface area contributed by atoms with E-state index in [2.05, 4.69) is 5.32 Å². The number of sulfonamides is 1. The maximum atomic E-state index is 13.3. The van der Waals surface area contributed by atoms with Crippen molar-refractivity contribution in [2.24, 2.45) is 11.8 Å². The van der Waals surface area contributed by atoms with E-state index in [1.54, 1.807) is 18.2 Å². The van der Waals surface area contributed by atoms with E-state index in [-0.39, 0.29) is 53.5 Å². The summed E-state index contributed by atoms with van der Waals surface area (Å²) in [7, 11) is -3.70. The van der Waals surface area contributed by atoms with Crippen molar-refractivity contribution in [3.8, 4) is 0 Å². The number of rotatable bonds is 5. The van der Waals surface area contributed by atoms with Gasteiger partial charge in [-0.2, -0.15) is 4.31 Å². The second kappa shape index (κ2) is 8.78. The Labute approximate surface area is 199 Å². The Morgan fingerprint density at radius 3 is 2.29 bits per heavy atom. The Morgan fingerprint density at radius 1 is 0.971 bits per heavy atom. The maximum Gasteiger partial charge on any atom is 0.243 e. The normalized spacial score (nSPS) is 21.4. The molecular weight excluding hydrogens is 457 g/mol. The third-order valence-corrected chi connectivity index (χ3v) is 8.90. The van der Waals surface area contributed by atoms with Gasteiger partial charge >= 0.3 is 0 Å². The number of amides is 2. The van der Waals surface area contributed by atoms with E-state index < -0.39 is 10.0 Å². The zero-order valence-electron chi connectivity index (χ0n) is 19.0. The largest absolute Gasteiger partial charge is 0.326 e. The van der Waals surface area contributed by atoms with Crippen LogP contribution in [0.3, 0.4) is 0 Å². The second-order valence-electron chi connectivity index (χ2n) is 9.50. The highest BCUT2D eigenvalue weighted by Gasteiger charge is 2.40. The molecule has 2 heterocycles. The average molecular weight is 486 g/mol. The molecule has 1 saturated carbocycles. The number of benzene rings is 2. The molecule has 5 rings (SSSR count). The average Bonchev–Trinajstić information content (AvgIpc) is 3.62. The van der Waals surface area contributed by atoms with E-state index >= 15 is 0 Å². The highest BCUT2D eigenvalue weighted by atomic mass is 32.2. The van der Waals surface area contributed by atoms with Crippen molar-refractivity contribution in [2.45, 2.75) is 50.0 Å². The maximum absolute atomic E-state index is 13.3. The minimum atomic E-state index is -3.70. The fourth-order valence-electron chi connectivity index (χ4n) is 4.92. The van der Waals surface area contributed by atoms with E-state index in [0.29, 0.717) is 24.9 Å². The summed E-state index contributed by atoms with van der Waals surface area (Å²) in [6, 6.07) is 10.6. The molecule has 9 heteroatoms. The molecule has 1 N–H and O–H groups in total. The van der Waals surface area contributed by atoms with Crippen molar-refractivity contribution in [1.29, 1.82) is 0 Å². The zero-order chi connectivity index (χ0) is 24.0. The number of halogens is 1. The highest BCUT2D eigenvalue weighted by molar-refractivity contribution is 7.89. The summed E-state index contributed by atoms with van der Waals surface area (Å²) in [5, 5.41) is 2.78. The molecule has 2 amide bonds. The number of anilines is 2. The van der Waals surface area contributed by atoms with E-state index in [1.807, 2.05) is 11.8 Å². The topological polar surface area (TPSA) is 86.8 Å². The van der Waals surface area contributed by atoms with E-state index in [4.69, 9.17) is 0 Å². The molecular formula is C25H28FN3O4S. The third-order valence-electron chi connectivity index (χ3n) is 7.00. The number of piperidine rings is 1. The van der Waals surface area contributed by atoms with E-state index in [1.165, 1.54) is 28.6 Å². The van der Waals surface area contributed by atoms with Crippen molar-refractivity contribution in [3.63, 3.8) is 0 Å². The van der Waals surface area contributed by atoms with Crippen molar-refractivity contribution < 1.29 is 22.4 Å². The van der Waals surface area contributed by atoms with Crippen LogP contribution in [0.2, 0.25) is 0 Å². The van der Waals surface area contributed by atoms with Crippen LogP contribution in [0.25, 0.3) is 0 Å². The van der Waals surface area contributed by atoms with Crippen molar-refractivity contribution in [3.05, 3.63) is 53.8 Å². The van der Waals surface area contributed by atoms with Crippen molar-refractivity contribution in [1.82, 2.24) is 4.31 Å². The Morgan fingerprint density at radius 2 is 1.65 bits per heavy atom. The van der Waals surface area contributed by atoms with Gasteiger partial charge in [-0.1, -0.05) is 0 Å². The van der Waals surface area contributed by atoms with Crippen molar-refractivity contribution in [2.75, 3.05) is 23.3 Å². The smallest absolute Gasteiger partial charge is 0.243 e. The number of hydrogen-bond acceptors (Lipinski definition) is 4. The molecule has 1 aliphatic carbocycles. The Bertz CT molecular complexity index is 1220. The minimum absolute atomic E-state index is 0.0245. The zero-order valence-corrected chi connectivity index (χ0v) is 19.9. The van der Waals surface area contributed by atoms with Gasteiger partial charge in [0.2, 0.25) is 21.8 Å². The molecule has 2 aliphatic heterocycles. The first-order chi connectivity index (χ1) is 16.2. The summed E-state index contributed by atoms with van der Waals surface area (Å²) in [6.07, 6.45) is 3.34. The molecule has 34 heavy (non-hydrogen) atoms. The molecule has 1 saturated heterocycles. The molecule has 1 atom stereocenters. The van der Waals surface area contributed by atoms with Crippen LogP contribution in [-0.4, -0.2) is 43.7 Å². The standard InChI is InChI=1S/C25H28FN3O4S/c1-16-14-19-15-22(8-9-23(19)29(16)25(31)18-2-3-18)34(32,33)28-12-10-17(11-13-28)24(30)27-21-6-4-20(26)5-7-21/h4-9,15-18H,2-3,10-14H2,1H3,(H,27,30)/t16-/m0/s1. The van der Waals surface area contributed by atoms with Gasteiger partial charge < -0.3 is 10.2 Å². The summed E-state index contributed by atoms with van der Waals surface area (Å²) in [6.45, 7) is 2.50. The van der Waals surface area contributed by atoms with Crippen LogP contribution in [0.15, 0.2) is 47.4 Å². The van der Waals surface area contributed by atoms with Gasteiger partial charge in [-0.05, 0) is 87.1 Å². The molecule has 2 fully saturated rings. The van der Waals surface area contributed by atoms with Crippen LogP contribution in [0, 0.1) is 17.7 Å². The first-order valence-corrected chi connectivity index (χ1v) is 13.2. The lowest BCUT2D eigenvalue weighted by atomic mass is 9.97. The van der Waals surface area contributed by atoms with Gasteiger partial charge in [-0.3, -0.25) is 9.59 Å². The summed E-state index contributed by atoms with van der Waals surface area (Å²) in [5.41, 5.74) is 2.22. The SMILES string of the molecule is C[C@H]1Cc2cc(S(=O)(=O)N3CCC(C(=O)Nc4ccc(F)cc4)CC3)ccc2N1C(=O)C1CC1. The fourth-order valence-corrected chi connectivity index (χ4v) is 6.44. The number of nitrogens with one attached hydrogen (secondary N) is 1. The quantitative estimate of drug-likeness (QED) is 0.702. The highest BCUT2D eigenvalue weighted by Crippen LogP contribution is 2.40. The van der Waals surface area contributed by atoms with E-state index in [9.17, 15) is 22.4 Å². The van der Waals surface area contributed by atoms with Crippen LogP contribution in [0.4, 0.5) is 15.8 Å².